The van der Waals surface area contributed by atoms with Gasteiger partial charge in [-0.3, -0.25) is 0 Å². The molecule has 3 nitrogen and oxygen atoms in total. The molecule has 22 heavy (non-hydrogen) atoms. The fourth-order valence-electron chi connectivity index (χ4n) is 3.57. The molecule has 3 N–H and O–H groups in total. The van der Waals surface area contributed by atoms with Crippen molar-refractivity contribution in [1.82, 2.24) is 0 Å². The predicted octanol–water partition coefficient (Wildman–Crippen LogP) is -0.237. The number of quaternary nitrogens is 2. The van der Waals surface area contributed by atoms with Crippen molar-refractivity contribution in [3.8, 4) is 0 Å². The highest BCUT2D eigenvalue weighted by atomic mass is 15.2. The smallest absolute Gasteiger partial charge is 0.234 e. The van der Waals surface area contributed by atoms with E-state index >= 15 is 0 Å². The molecule has 0 saturated carbocycles. The first-order chi connectivity index (χ1) is 10.8. The molecule has 1 atom stereocenters. The summed E-state index contributed by atoms with van der Waals surface area (Å²) < 4.78 is 0. The summed E-state index contributed by atoms with van der Waals surface area (Å²) in [6.45, 7) is 4.86. The molecule has 0 radical (unpaired) electrons. The van der Waals surface area contributed by atoms with Gasteiger partial charge in [0.25, 0.3) is 0 Å². The molecule has 1 fully saturated rings. The largest absolute Gasteiger partial charge is 0.331 e. The monoisotopic (exact) mass is 298 g/mol. The van der Waals surface area contributed by atoms with Crippen molar-refractivity contribution in [2.75, 3.05) is 20.1 Å². The minimum absolute atomic E-state index is 0.809. The fraction of sp³-hybridized carbons (Fsp3) is 0.421. The van der Waals surface area contributed by atoms with Crippen LogP contribution in [0, 0.1) is 0 Å². The van der Waals surface area contributed by atoms with Crippen LogP contribution in [-0.4, -0.2) is 26.2 Å². The first-order valence-electron chi connectivity index (χ1n) is 8.46. The SMILES string of the molecule is C[NH+](Cc1ccccc1)C1CC[NH+](Cc2cccc[nH+]2)CC1. The van der Waals surface area contributed by atoms with Crippen molar-refractivity contribution in [2.45, 2.75) is 32.0 Å². The molecule has 0 aliphatic carbocycles. The fourth-order valence-corrected chi connectivity index (χ4v) is 3.57. The number of rotatable bonds is 5. The molecular formula is C19H28N3+3. The second-order valence-electron chi connectivity index (χ2n) is 6.60. The number of hydrogen-bond donors (Lipinski definition) is 2. The first-order valence-corrected chi connectivity index (χ1v) is 8.46. The van der Waals surface area contributed by atoms with E-state index < -0.39 is 0 Å². The number of H-pyrrole nitrogens is 1. The van der Waals surface area contributed by atoms with Crippen LogP contribution in [0.3, 0.4) is 0 Å². The summed E-state index contributed by atoms with van der Waals surface area (Å²) >= 11 is 0. The molecule has 0 spiro atoms. The van der Waals surface area contributed by atoms with Crippen LogP contribution in [0.15, 0.2) is 54.7 Å². The Morgan fingerprint density at radius 2 is 1.77 bits per heavy atom. The van der Waals surface area contributed by atoms with Crippen LogP contribution < -0.4 is 14.8 Å². The number of nitrogens with one attached hydrogen (secondary N) is 3. The van der Waals surface area contributed by atoms with Crippen LogP contribution in [0.4, 0.5) is 0 Å². The number of piperidine rings is 1. The van der Waals surface area contributed by atoms with Gasteiger partial charge in [0.2, 0.25) is 5.69 Å². The van der Waals surface area contributed by atoms with Gasteiger partial charge in [0.1, 0.15) is 6.54 Å². The third kappa shape index (κ3) is 4.15. The van der Waals surface area contributed by atoms with Crippen LogP contribution in [0.25, 0.3) is 0 Å². The predicted molar refractivity (Wildman–Crippen MR) is 87.5 cm³/mol. The van der Waals surface area contributed by atoms with Gasteiger partial charge in [-0.2, -0.15) is 0 Å². The van der Waals surface area contributed by atoms with Gasteiger partial charge in [-0.1, -0.05) is 30.3 Å². The second kappa shape index (κ2) is 7.52. The summed E-state index contributed by atoms with van der Waals surface area (Å²) in [5.41, 5.74) is 2.80. The summed E-state index contributed by atoms with van der Waals surface area (Å²) in [5, 5.41) is 0. The van der Waals surface area contributed by atoms with Crippen molar-refractivity contribution in [3.63, 3.8) is 0 Å². The summed E-state index contributed by atoms with van der Waals surface area (Å²) in [4.78, 5) is 6.73. The van der Waals surface area contributed by atoms with Gasteiger partial charge in [-0.15, -0.1) is 0 Å². The van der Waals surface area contributed by atoms with Gasteiger partial charge in [-0.05, 0) is 6.07 Å². The molecule has 0 bridgehead atoms. The van der Waals surface area contributed by atoms with Gasteiger partial charge in [0.15, 0.2) is 12.7 Å². The maximum Gasteiger partial charge on any atom is 0.234 e. The lowest BCUT2D eigenvalue weighted by molar-refractivity contribution is -0.962. The standard InChI is InChI=1S/C19H25N3/c1-21(15-17-7-3-2-4-8-17)19-10-13-22(14-11-19)16-18-9-5-6-12-20-18/h2-9,12,19H,10-11,13-16H2,1H3/p+3. The number of hydrogen-bond acceptors (Lipinski definition) is 0. The number of pyridine rings is 1. The van der Waals surface area contributed by atoms with Gasteiger partial charge >= 0.3 is 0 Å². The lowest BCUT2D eigenvalue weighted by atomic mass is 10.0. The highest BCUT2D eigenvalue weighted by Gasteiger charge is 2.28. The van der Waals surface area contributed by atoms with Gasteiger partial charge in [0, 0.05) is 30.5 Å². The summed E-state index contributed by atoms with van der Waals surface area (Å²) in [6, 6.07) is 18.1. The Kier molecular flexibility index (Phi) is 5.20. The van der Waals surface area contributed by atoms with E-state index in [1.54, 1.807) is 9.80 Å². The molecule has 3 rings (SSSR count). The van der Waals surface area contributed by atoms with E-state index in [1.807, 2.05) is 12.3 Å². The third-order valence-electron chi connectivity index (χ3n) is 4.93. The molecule has 0 amide bonds. The van der Waals surface area contributed by atoms with E-state index in [0.717, 1.165) is 19.1 Å². The number of benzene rings is 1. The molecule has 1 aromatic carbocycles. The normalized spacial score (nSPS) is 23.1. The molecule has 116 valence electrons. The number of aromatic amines is 1. The Bertz CT molecular complexity index is 547. The molecule has 1 aliphatic heterocycles. The maximum atomic E-state index is 3.36. The van der Waals surface area contributed by atoms with Crippen molar-refractivity contribution >= 4 is 0 Å². The lowest BCUT2D eigenvalue weighted by Gasteiger charge is -2.31. The average Bonchev–Trinajstić information content (AvgIpc) is 2.57. The van der Waals surface area contributed by atoms with E-state index in [0.29, 0.717) is 0 Å². The van der Waals surface area contributed by atoms with E-state index in [1.165, 1.54) is 37.2 Å². The topological polar surface area (TPSA) is 23.0 Å². The summed E-state index contributed by atoms with van der Waals surface area (Å²) in [7, 11) is 2.35. The quantitative estimate of drug-likeness (QED) is 0.761. The van der Waals surface area contributed by atoms with Crippen molar-refractivity contribution in [2.24, 2.45) is 0 Å². The molecule has 1 aromatic heterocycles. The molecular weight excluding hydrogens is 270 g/mol. The summed E-state index contributed by atoms with van der Waals surface area (Å²) in [5.74, 6) is 0. The minimum atomic E-state index is 0.809. The van der Waals surface area contributed by atoms with E-state index in [-0.39, 0.29) is 0 Å². The van der Waals surface area contributed by atoms with Crippen LogP contribution in [-0.2, 0) is 13.1 Å². The Balaban J connectivity index is 1.47. The van der Waals surface area contributed by atoms with Gasteiger partial charge < -0.3 is 9.80 Å². The molecule has 1 unspecified atom stereocenters. The van der Waals surface area contributed by atoms with Crippen LogP contribution in [0.1, 0.15) is 24.1 Å². The van der Waals surface area contributed by atoms with E-state index in [4.69, 9.17) is 0 Å². The maximum absolute atomic E-state index is 3.36. The molecule has 2 aromatic rings. The van der Waals surface area contributed by atoms with E-state index in [9.17, 15) is 0 Å². The highest BCUT2D eigenvalue weighted by Crippen LogP contribution is 2.00. The van der Waals surface area contributed by atoms with Gasteiger partial charge in [-0.25, -0.2) is 4.98 Å². The second-order valence-corrected chi connectivity index (χ2v) is 6.60. The zero-order chi connectivity index (χ0) is 15.2. The molecule has 1 saturated heterocycles. The molecule has 1 aliphatic rings. The highest BCUT2D eigenvalue weighted by molar-refractivity contribution is 5.13. The van der Waals surface area contributed by atoms with Gasteiger partial charge in [0.05, 0.1) is 26.2 Å². The van der Waals surface area contributed by atoms with E-state index in [2.05, 4.69) is 54.5 Å². The Morgan fingerprint density at radius 3 is 2.45 bits per heavy atom. The van der Waals surface area contributed by atoms with Crippen LogP contribution >= 0.6 is 0 Å². The lowest BCUT2D eigenvalue weighted by Crippen LogP contribution is -3.18. The van der Waals surface area contributed by atoms with Crippen molar-refractivity contribution in [1.29, 1.82) is 0 Å². The zero-order valence-corrected chi connectivity index (χ0v) is 13.5. The molecule has 2 heterocycles. The Morgan fingerprint density at radius 1 is 1.05 bits per heavy atom. The minimum Gasteiger partial charge on any atom is -0.331 e. The summed E-state index contributed by atoms with van der Waals surface area (Å²) in [6.07, 6.45) is 4.70. The number of aromatic nitrogens is 1. The third-order valence-corrected chi connectivity index (χ3v) is 4.93. The zero-order valence-electron chi connectivity index (χ0n) is 13.5. The van der Waals surface area contributed by atoms with Crippen LogP contribution in [0.2, 0.25) is 0 Å². The average molecular weight is 298 g/mol. The van der Waals surface area contributed by atoms with Crippen molar-refractivity contribution < 1.29 is 14.8 Å². The first kappa shape index (κ1) is 15.2. The molecule has 3 heteroatoms. The Hall–Kier alpha value is -1.71. The Labute approximate surface area is 133 Å². The number of likely N-dealkylation sites (tertiary alicyclic amines) is 1. The van der Waals surface area contributed by atoms with Crippen LogP contribution in [0.5, 0.6) is 0 Å². The van der Waals surface area contributed by atoms with Crippen molar-refractivity contribution in [3.05, 3.63) is 66.0 Å².